The number of unbranched alkanes of at least 4 members (excludes halogenated alkanes) is 17. The largest absolute Gasteiger partial charge is 0.253 e. The van der Waals surface area contributed by atoms with E-state index in [9.17, 15) is 0 Å². The Morgan fingerprint density at radius 2 is 1.00 bits per heavy atom. The molecule has 0 bridgehead atoms. The van der Waals surface area contributed by atoms with Gasteiger partial charge >= 0.3 is 0 Å². The van der Waals surface area contributed by atoms with Crippen molar-refractivity contribution in [1.82, 2.24) is 4.57 Å². The van der Waals surface area contributed by atoms with E-state index < -0.39 is 0 Å². The van der Waals surface area contributed by atoms with Crippen LogP contribution < -0.4 is 4.57 Å². The normalized spacial score (nSPS) is 11.4. The van der Waals surface area contributed by atoms with Crippen LogP contribution in [-0.4, -0.2) is 4.57 Å². The molecule has 0 unspecified atom stereocenters. The lowest BCUT2D eigenvalue weighted by atomic mass is 10.1. The van der Waals surface area contributed by atoms with Gasteiger partial charge in [-0.1, -0.05) is 110 Å². The zero-order valence-electron chi connectivity index (χ0n) is 20.4. The van der Waals surface area contributed by atoms with Crippen molar-refractivity contribution >= 4 is 0 Å². The lowest BCUT2D eigenvalue weighted by Gasteiger charge is -2.04. The highest BCUT2D eigenvalue weighted by Gasteiger charge is 2.11. The van der Waals surface area contributed by atoms with Crippen molar-refractivity contribution in [3.05, 3.63) is 18.2 Å². The van der Waals surface area contributed by atoms with E-state index in [2.05, 4.69) is 42.3 Å². The van der Waals surface area contributed by atoms with E-state index in [1.807, 2.05) is 0 Å². The van der Waals surface area contributed by atoms with Gasteiger partial charge in [-0.15, -0.1) is 0 Å². The maximum atomic E-state index is 2.47. The summed E-state index contributed by atoms with van der Waals surface area (Å²) in [5, 5.41) is 0. The first-order valence-electron chi connectivity index (χ1n) is 13.3. The molecule has 2 heteroatoms. The van der Waals surface area contributed by atoms with Gasteiger partial charge in [0.2, 0.25) is 0 Å². The van der Waals surface area contributed by atoms with Gasteiger partial charge in [-0.05, 0) is 25.7 Å². The molecule has 0 spiro atoms. The molecule has 0 radical (unpaired) electrons. The maximum Gasteiger partial charge on any atom is 0.253 e. The van der Waals surface area contributed by atoms with Crippen LogP contribution in [-0.2, 0) is 13.1 Å². The van der Waals surface area contributed by atoms with E-state index in [1.54, 1.807) is 0 Å². The molecule has 170 valence electrons. The smallest absolute Gasteiger partial charge is 0.234 e. The van der Waals surface area contributed by atoms with Crippen LogP contribution in [0.5, 0.6) is 0 Å². The monoisotopic (exact) mass is 405 g/mol. The van der Waals surface area contributed by atoms with Gasteiger partial charge in [-0.25, -0.2) is 9.13 Å². The van der Waals surface area contributed by atoms with Gasteiger partial charge in [-0.2, -0.15) is 0 Å². The lowest BCUT2D eigenvalue weighted by molar-refractivity contribution is -0.702. The van der Waals surface area contributed by atoms with Crippen molar-refractivity contribution in [2.45, 2.75) is 156 Å². The summed E-state index contributed by atoms with van der Waals surface area (Å²) in [6.45, 7) is 9.29. The molecule has 1 aromatic heterocycles. The Morgan fingerprint density at radius 3 is 1.48 bits per heavy atom. The topological polar surface area (TPSA) is 8.81 Å². The van der Waals surface area contributed by atoms with Crippen molar-refractivity contribution in [1.29, 1.82) is 0 Å². The first kappa shape index (κ1) is 26.2. The Balaban J connectivity index is 1.97. The molecule has 0 aliphatic rings. The minimum Gasteiger partial charge on any atom is -0.234 e. The van der Waals surface area contributed by atoms with E-state index in [0.717, 1.165) is 0 Å². The van der Waals surface area contributed by atoms with E-state index in [-0.39, 0.29) is 0 Å². The third-order valence-electron chi connectivity index (χ3n) is 6.51. The minimum absolute atomic E-state index is 1.20. The average molecular weight is 406 g/mol. The maximum absolute atomic E-state index is 2.47. The van der Waals surface area contributed by atoms with Crippen molar-refractivity contribution in [3.8, 4) is 0 Å². The standard InChI is InChI=1S/C27H53N2/c1-4-6-8-10-12-13-14-15-16-18-20-22-24-29-26-25-28(27(29)3)23-21-19-17-11-9-7-5-2/h25-26H,4-24H2,1-3H3/q+1. The quantitative estimate of drug-likeness (QED) is 0.143. The molecule has 0 aliphatic carbocycles. The molecule has 29 heavy (non-hydrogen) atoms. The van der Waals surface area contributed by atoms with Gasteiger partial charge in [0.25, 0.3) is 5.82 Å². The van der Waals surface area contributed by atoms with E-state index in [4.69, 9.17) is 0 Å². The summed E-state index contributed by atoms with van der Waals surface area (Å²) in [7, 11) is 0. The average Bonchev–Trinajstić information content (AvgIpc) is 3.08. The molecule has 1 rings (SSSR count). The second-order valence-corrected chi connectivity index (χ2v) is 9.24. The molecule has 0 aliphatic heterocycles. The van der Waals surface area contributed by atoms with Crippen molar-refractivity contribution < 1.29 is 4.57 Å². The van der Waals surface area contributed by atoms with Gasteiger partial charge in [-0.3, -0.25) is 0 Å². The van der Waals surface area contributed by atoms with Gasteiger partial charge in [0.1, 0.15) is 12.4 Å². The Bertz CT molecular complexity index is 463. The summed E-state index contributed by atoms with van der Waals surface area (Å²) < 4.78 is 4.93. The highest BCUT2D eigenvalue weighted by molar-refractivity contribution is 4.79. The number of aryl methyl sites for hydroxylation is 2. The molecule has 0 saturated heterocycles. The van der Waals surface area contributed by atoms with Crippen molar-refractivity contribution in [3.63, 3.8) is 0 Å². The van der Waals surface area contributed by atoms with Crippen LogP contribution in [0.25, 0.3) is 0 Å². The zero-order valence-corrected chi connectivity index (χ0v) is 20.4. The van der Waals surface area contributed by atoms with E-state index in [0.29, 0.717) is 0 Å². The molecule has 1 heterocycles. The summed E-state index contributed by atoms with van der Waals surface area (Å²) in [6.07, 6.45) is 31.5. The molecule has 0 atom stereocenters. The Labute approximate surface area is 183 Å². The van der Waals surface area contributed by atoms with Crippen molar-refractivity contribution in [2.24, 2.45) is 0 Å². The summed E-state index contributed by atoms with van der Waals surface area (Å²) in [5.74, 6) is 1.44. The lowest BCUT2D eigenvalue weighted by Crippen LogP contribution is -2.35. The number of hydrogen-bond acceptors (Lipinski definition) is 0. The van der Waals surface area contributed by atoms with Crippen LogP contribution >= 0.6 is 0 Å². The van der Waals surface area contributed by atoms with Crippen molar-refractivity contribution in [2.75, 3.05) is 0 Å². The molecular weight excluding hydrogens is 352 g/mol. The fourth-order valence-corrected chi connectivity index (χ4v) is 4.38. The Kier molecular flexibility index (Phi) is 17.4. The van der Waals surface area contributed by atoms with Gasteiger partial charge in [0, 0.05) is 6.92 Å². The predicted molar refractivity (Wildman–Crippen MR) is 128 cm³/mol. The SMILES string of the molecule is CCCCCCCCCCCCCC[n+]1ccn(CCCCCCCCC)c1C. The van der Waals surface area contributed by atoms with E-state index in [1.165, 1.54) is 141 Å². The first-order chi connectivity index (χ1) is 14.3. The Hall–Kier alpha value is -0.790. The number of nitrogens with zero attached hydrogens (tertiary/aromatic N) is 2. The van der Waals surface area contributed by atoms with Crippen LogP contribution in [0.1, 0.15) is 142 Å². The third kappa shape index (κ3) is 13.9. The molecular formula is C27H53N2+. The summed E-state index contributed by atoms with van der Waals surface area (Å²) >= 11 is 0. The number of imidazole rings is 1. The van der Waals surface area contributed by atoms with E-state index >= 15 is 0 Å². The van der Waals surface area contributed by atoms with Crippen LogP contribution in [0, 0.1) is 6.92 Å². The fourth-order valence-electron chi connectivity index (χ4n) is 4.38. The second-order valence-electron chi connectivity index (χ2n) is 9.24. The van der Waals surface area contributed by atoms with Crippen LogP contribution in [0.3, 0.4) is 0 Å². The highest BCUT2D eigenvalue weighted by Crippen LogP contribution is 2.12. The third-order valence-corrected chi connectivity index (χ3v) is 6.51. The fraction of sp³-hybridized carbons (Fsp3) is 0.889. The summed E-state index contributed by atoms with van der Waals surface area (Å²) in [6, 6.07) is 0. The van der Waals surface area contributed by atoms with Gasteiger partial charge in [0.05, 0.1) is 13.1 Å². The zero-order chi connectivity index (χ0) is 21.0. The van der Waals surface area contributed by atoms with Crippen LogP contribution in [0.2, 0.25) is 0 Å². The highest BCUT2D eigenvalue weighted by atomic mass is 15.1. The molecule has 0 saturated carbocycles. The van der Waals surface area contributed by atoms with Crippen LogP contribution in [0.4, 0.5) is 0 Å². The molecule has 1 aromatic rings. The number of aromatic nitrogens is 2. The molecule has 0 amide bonds. The molecule has 2 nitrogen and oxygen atoms in total. The molecule has 0 N–H and O–H groups in total. The number of rotatable bonds is 21. The van der Waals surface area contributed by atoms with Gasteiger partial charge < -0.3 is 0 Å². The summed E-state index contributed by atoms with van der Waals surface area (Å²) in [4.78, 5) is 0. The molecule has 0 aromatic carbocycles. The Morgan fingerprint density at radius 1 is 0.586 bits per heavy atom. The number of hydrogen-bond donors (Lipinski definition) is 0. The van der Waals surface area contributed by atoms with Crippen LogP contribution in [0.15, 0.2) is 12.4 Å². The predicted octanol–water partition coefficient (Wildman–Crippen LogP) is 8.54. The summed E-state index contributed by atoms with van der Waals surface area (Å²) in [5.41, 5.74) is 0. The minimum atomic E-state index is 1.20. The second kappa shape index (κ2) is 19.2. The first-order valence-corrected chi connectivity index (χ1v) is 13.3. The van der Waals surface area contributed by atoms with Gasteiger partial charge in [0.15, 0.2) is 0 Å². The molecule has 0 fully saturated rings.